The van der Waals surface area contributed by atoms with Gasteiger partial charge in [-0.15, -0.1) is 0 Å². The standard InChI is InChI=1S/C25H29N7O2S/c1-18(2)20-14-23(17-26-15-20)35(33,34)32-9-8-19-16-27-25(29-24(19)32)28-21-4-6-22(7-5-21)31-12-10-30(3)11-13-31/h4-9,14-18H,10-13H2,1-3H3,(H,27,28,29). The first-order valence-corrected chi connectivity index (χ1v) is 13.1. The normalized spacial score (nSPS) is 15.1. The topological polar surface area (TPSA) is 96.2 Å². The highest BCUT2D eigenvalue weighted by Crippen LogP contribution is 2.25. The Morgan fingerprint density at radius 2 is 1.71 bits per heavy atom. The van der Waals surface area contributed by atoms with Gasteiger partial charge in [0, 0.05) is 67.7 Å². The summed E-state index contributed by atoms with van der Waals surface area (Å²) in [5, 5.41) is 3.83. The zero-order valence-electron chi connectivity index (χ0n) is 20.1. The van der Waals surface area contributed by atoms with E-state index in [0.29, 0.717) is 17.0 Å². The van der Waals surface area contributed by atoms with E-state index >= 15 is 0 Å². The Morgan fingerprint density at radius 3 is 2.43 bits per heavy atom. The van der Waals surface area contributed by atoms with Crippen LogP contribution in [0.2, 0.25) is 0 Å². The van der Waals surface area contributed by atoms with Crippen molar-refractivity contribution in [2.75, 3.05) is 43.4 Å². The summed E-state index contributed by atoms with van der Waals surface area (Å²) in [6.07, 6.45) is 6.19. The van der Waals surface area contributed by atoms with Crippen molar-refractivity contribution in [2.24, 2.45) is 0 Å². The van der Waals surface area contributed by atoms with Crippen molar-refractivity contribution in [2.45, 2.75) is 24.7 Å². The second-order valence-corrected chi connectivity index (χ2v) is 11.0. The Labute approximate surface area is 205 Å². The monoisotopic (exact) mass is 491 g/mol. The van der Waals surface area contributed by atoms with Gasteiger partial charge in [-0.1, -0.05) is 13.8 Å². The van der Waals surface area contributed by atoms with Gasteiger partial charge < -0.3 is 15.1 Å². The Kier molecular flexibility index (Phi) is 6.16. The van der Waals surface area contributed by atoms with Gasteiger partial charge >= 0.3 is 0 Å². The van der Waals surface area contributed by atoms with Gasteiger partial charge in [-0.05, 0) is 54.9 Å². The molecule has 0 amide bonds. The molecule has 5 rings (SSSR count). The molecule has 1 N–H and O–H groups in total. The van der Waals surface area contributed by atoms with Gasteiger partial charge in [0.2, 0.25) is 5.95 Å². The molecule has 35 heavy (non-hydrogen) atoms. The molecule has 10 heteroatoms. The van der Waals surface area contributed by atoms with Crippen LogP contribution in [0.3, 0.4) is 0 Å². The van der Waals surface area contributed by atoms with Crippen molar-refractivity contribution in [3.63, 3.8) is 0 Å². The van der Waals surface area contributed by atoms with Gasteiger partial charge in [-0.2, -0.15) is 4.98 Å². The van der Waals surface area contributed by atoms with Gasteiger partial charge in [-0.25, -0.2) is 17.4 Å². The Hall–Kier alpha value is -3.50. The molecule has 0 atom stereocenters. The fourth-order valence-electron chi connectivity index (χ4n) is 4.10. The minimum Gasteiger partial charge on any atom is -0.369 e. The zero-order chi connectivity index (χ0) is 24.6. The molecule has 1 aliphatic rings. The van der Waals surface area contributed by atoms with E-state index in [1.807, 2.05) is 26.0 Å². The second-order valence-electron chi connectivity index (χ2n) is 9.16. The van der Waals surface area contributed by atoms with Crippen LogP contribution in [0.25, 0.3) is 11.0 Å². The predicted molar refractivity (Wildman–Crippen MR) is 138 cm³/mol. The van der Waals surface area contributed by atoms with E-state index in [9.17, 15) is 8.42 Å². The zero-order valence-corrected chi connectivity index (χ0v) is 20.9. The summed E-state index contributed by atoms with van der Waals surface area (Å²) in [5.74, 6) is 0.494. The third-order valence-corrected chi connectivity index (χ3v) is 7.98. The van der Waals surface area contributed by atoms with Crippen LogP contribution < -0.4 is 10.2 Å². The molecule has 9 nitrogen and oxygen atoms in total. The minimum absolute atomic E-state index is 0.133. The number of hydrogen-bond donors (Lipinski definition) is 1. The average Bonchev–Trinajstić information content (AvgIpc) is 3.29. The lowest BCUT2D eigenvalue weighted by molar-refractivity contribution is 0.313. The molecule has 3 aromatic heterocycles. The van der Waals surface area contributed by atoms with Crippen LogP contribution in [0.4, 0.5) is 17.3 Å². The average molecular weight is 492 g/mol. The maximum Gasteiger partial charge on any atom is 0.270 e. The highest BCUT2D eigenvalue weighted by Gasteiger charge is 2.22. The van der Waals surface area contributed by atoms with E-state index in [0.717, 1.165) is 37.4 Å². The molecular weight excluding hydrogens is 462 g/mol. The Balaban J connectivity index is 1.40. The first-order chi connectivity index (χ1) is 16.8. The summed E-state index contributed by atoms with van der Waals surface area (Å²) in [6.45, 7) is 8.11. The van der Waals surface area contributed by atoms with Gasteiger partial charge in [0.05, 0.1) is 0 Å². The van der Waals surface area contributed by atoms with E-state index in [2.05, 4.69) is 49.2 Å². The van der Waals surface area contributed by atoms with Crippen molar-refractivity contribution in [1.82, 2.24) is 23.8 Å². The molecule has 1 aliphatic heterocycles. The van der Waals surface area contributed by atoms with E-state index in [-0.39, 0.29) is 10.8 Å². The molecular formula is C25H29N7O2S. The number of aromatic nitrogens is 4. The highest BCUT2D eigenvalue weighted by atomic mass is 32.2. The van der Waals surface area contributed by atoms with Gasteiger partial charge in [0.1, 0.15) is 4.90 Å². The largest absolute Gasteiger partial charge is 0.369 e. The molecule has 182 valence electrons. The number of hydrogen-bond acceptors (Lipinski definition) is 8. The summed E-state index contributed by atoms with van der Waals surface area (Å²) in [5.41, 5.74) is 3.18. The van der Waals surface area contributed by atoms with Crippen LogP contribution in [-0.4, -0.2) is 65.5 Å². The first kappa shape index (κ1) is 23.3. The number of nitrogens with one attached hydrogen (secondary N) is 1. The number of nitrogens with zero attached hydrogens (tertiary/aromatic N) is 6. The van der Waals surface area contributed by atoms with E-state index in [4.69, 9.17) is 0 Å². The summed E-state index contributed by atoms with van der Waals surface area (Å²) < 4.78 is 28.0. The van der Waals surface area contributed by atoms with Gasteiger partial charge in [-0.3, -0.25) is 4.98 Å². The van der Waals surface area contributed by atoms with Crippen molar-refractivity contribution >= 4 is 38.4 Å². The molecule has 0 bridgehead atoms. The van der Waals surface area contributed by atoms with Crippen LogP contribution in [0.15, 0.2) is 66.1 Å². The number of benzene rings is 1. The summed E-state index contributed by atoms with van der Waals surface area (Å²) in [4.78, 5) is 17.9. The maximum absolute atomic E-state index is 13.4. The molecule has 0 aliphatic carbocycles. The molecule has 0 unspecified atom stereocenters. The first-order valence-electron chi connectivity index (χ1n) is 11.7. The van der Waals surface area contributed by atoms with Crippen LogP contribution in [0.1, 0.15) is 25.3 Å². The number of anilines is 3. The third-order valence-electron chi connectivity index (χ3n) is 6.34. The quantitative estimate of drug-likeness (QED) is 0.436. The predicted octanol–water partition coefficient (Wildman–Crippen LogP) is 3.68. The van der Waals surface area contributed by atoms with E-state index in [1.165, 1.54) is 22.1 Å². The molecule has 0 saturated carbocycles. The SMILES string of the molecule is CC(C)c1cncc(S(=O)(=O)n2ccc3cnc(Nc4ccc(N5CCN(C)CC5)cc4)nc32)c1. The lowest BCUT2D eigenvalue weighted by Crippen LogP contribution is -2.44. The molecule has 1 aromatic carbocycles. The summed E-state index contributed by atoms with van der Waals surface area (Å²) in [6, 6.07) is 11.5. The van der Waals surface area contributed by atoms with Crippen LogP contribution >= 0.6 is 0 Å². The number of piperazine rings is 1. The number of fused-ring (bicyclic) bond motifs is 1. The number of rotatable bonds is 6. The fourth-order valence-corrected chi connectivity index (χ4v) is 5.41. The molecule has 0 spiro atoms. The number of likely N-dealkylation sites (N-methyl/N-ethyl adjacent to an activating group) is 1. The molecule has 4 aromatic rings. The molecule has 4 heterocycles. The van der Waals surface area contributed by atoms with E-state index in [1.54, 1.807) is 24.5 Å². The molecule has 1 fully saturated rings. The Morgan fingerprint density at radius 1 is 0.971 bits per heavy atom. The van der Waals surface area contributed by atoms with Crippen LogP contribution in [0, 0.1) is 0 Å². The lowest BCUT2D eigenvalue weighted by atomic mass is 10.1. The summed E-state index contributed by atoms with van der Waals surface area (Å²) >= 11 is 0. The fraction of sp³-hybridized carbons (Fsp3) is 0.320. The van der Waals surface area contributed by atoms with Crippen molar-refractivity contribution in [1.29, 1.82) is 0 Å². The Bertz CT molecular complexity index is 1440. The van der Waals surface area contributed by atoms with Crippen molar-refractivity contribution < 1.29 is 8.42 Å². The molecule has 0 radical (unpaired) electrons. The second kappa shape index (κ2) is 9.27. The van der Waals surface area contributed by atoms with Crippen LogP contribution in [0.5, 0.6) is 0 Å². The van der Waals surface area contributed by atoms with Crippen molar-refractivity contribution in [3.05, 3.63) is 66.7 Å². The van der Waals surface area contributed by atoms with Crippen LogP contribution in [-0.2, 0) is 10.0 Å². The third kappa shape index (κ3) is 4.71. The summed E-state index contributed by atoms with van der Waals surface area (Å²) in [7, 11) is -1.72. The van der Waals surface area contributed by atoms with Gasteiger partial charge in [0.25, 0.3) is 10.0 Å². The molecule has 1 saturated heterocycles. The number of pyridine rings is 1. The minimum atomic E-state index is -3.86. The van der Waals surface area contributed by atoms with Crippen molar-refractivity contribution in [3.8, 4) is 0 Å². The van der Waals surface area contributed by atoms with Gasteiger partial charge in [0.15, 0.2) is 5.65 Å². The van der Waals surface area contributed by atoms with E-state index < -0.39 is 10.0 Å². The smallest absolute Gasteiger partial charge is 0.270 e. The highest BCUT2D eigenvalue weighted by molar-refractivity contribution is 7.90. The lowest BCUT2D eigenvalue weighted by Gasteiger charge is -2.34. The maximum atomic E-state index is 13.4.